The largest absolute Gasteiger partial charge is 0.468 e. The zero-order valence-electron chi connectivity index (χ0n) is 14.0. The van der Waals surface area contributed by atoms with Crippen LogP contribution in [-0.4, -0.2) is 26.9 Å². The van der Waals surface area contributed by atoms with Crippen LogP contribution in [0.15, 0.2) is 52.0 Å². The number of hydrogen-bond donors (Lipinski definition) is 1. The quantitative estimate of drug-likeness (QED) is 0.769. The molecule has 0 spiro atoms. The molecule has 0 unspecified atom stereocenters. The topological polar surface area (TPSA) is 76.4 Å². The summed E-state index contributed by atoms with van der Waals surface area (Å²) in [7, 11) is 1.93. The predicted molar refractivity (Wildman–Crippen MR) is 89.3 cm³/mol. The SMILES string of the molecule is Cn1cnc2c1[C@H](C(=O)NCc1ccco1)CN(Cc1ccco1)C2. The van der Waals surface area contributed by atoms with Crippen molar-refractivity contribution < 1.29 is 13.6 Å². The van der Waals surface area contributed by atoms with Gasteiger partial charge >= 0.3 is 0 Å². The molecule has 0 saturated carbocycles. The van der Waals surface area contributed by atoms with E-state index in [0.717, 1.165) is 22.9 Å². The highest BCUT2D eigenvalue weighted by molar-refractivity contribution is 5.84. The fraction of sp³-hybridized carbons (Fsp3) is 0.333. The average Bonchev–Trinajstić information content (AvgIpc) is 3.35. The van der Waals surface area contributed by atoms with Crippen LogP contribution in [0.2, 0.25) is 0 Å². The summed E-state index contributed by atoms with van der Waals surface area (Å²) in [5.41, 5.74) is 1.92. The van der Waals surface area contributed by atoms with Crippen molar-refractivity contribution in [2.45, 2.75) is 25.6 Å². The number of hydrogen-bond acceptors (Lipinski definition) is 5. The molecule has 3 aromatic rings. The number of fused-ring (bicyclic) bond motifs is 1. The number of imidazole rings is 1. The molecule has 130 valence electrons. The molecule has 1 amide bonds. The Hall–Kier alpha value is -2.80. The predicted octanol–water partition coefficient (Wildman–Crippen LogP) is 2.02. The highest BCUT2D eigenvalue weighted by atomic mass is 16.3. The average molecular weight is 340 g/mol. The lowest BCUT2D eigenvalue weighted by atomic mass is 9.97. The lowest BCUT2D eigenvalue weighted by molar-refractivity contribution is -0.123. The Morgan fingerprint density at radius 1 is 1.28 bits per heavy atom. The molecule has 25 heavy (non-hydrogen) atoms. The van der Waals surface area contributed by atoms with Gasteiger partial charge in [0, 0.05) is 20.1 Å². The molecule has 4 heterocycles. The highest BCUT2D eigenvalue weighted by Gasteiger charge is 2.34. The van der Waals surface area contributed by atoms with Crippen LogP contribution in [0, 0.1) is 0 Å². The lowest BCUT2D eigenvalue weighted by Gasteiger charge is -2.31. The summed E-state index contributed by atoms with van der Waals surface area (Å²) in [6, 6.07) is 7.48. The van der Waals surface area contributed by atoms with Crippen molar-refractivity contribution in [3.05, 3.63) is 66.0 Å². The summed E-state index contributed by atoms with van der Waals surface area (Å²) >= 11 is 0. The molecule has 7 nitrogen and oxygen atoms in total. The van der Waals surface area contributed by atoms with E-state index in [2.05, 4.69) is 15.2 Å². The number of amides is 1. The molecule has 0 radical (unpaired) electrons. The van der Waals surface area contributed by atoms with E-state index in [1.165, 1.54) is 0 Å². The molecule has 1 aliphatic rings. The van der Waals surface area contributed by atoms with Crippen LogP contribution >= 0.6 is 0 Å². The maximum absolute atomic E-state index is 12.8. The standard InChI is InChI=1S/C18H20N4O3/c1-21-12-20-16-11-22(9-14-5-3-7-25-14)10-15(17(16)21)18(23)19-8-13-4-2-6-24-13/h2-7,12,15H,8-11H2,1H3,(H,19,23)/t15-/m1/s1. The van der Waals surface area contributed by atoms with E-state index in [1.54, 1.807) is 18.9 Å². The zero-order valence-corrected chi connectivity index (χ0v) is 14.0. The van der Waals surface area contributed by atoms with Crippen LogP contribution in [0.25, 0.3) is 0 Å². The molecular formula is C18H20N4O3. The minimum absolute atomic E-state index is 0.0228. The van der Waals surface area contributed by atoms with E-state index in [0.29, 0.717) is 26.2 Å². The second-order valence-corrected chi connectivity index (χ2v) is 6.29. The van der Waals surface area contributed by atoms with E-state index in [4.69, 9.17) is 8.83 Å². The Balaban J connectivity index is 1.51. The summed E-state index contributed by atoms with van der Waals surface area (Å²) in [5, 5.41) is 2.97. The Morgan fingerprint density at radius 2 is 2.04 bits per heavy atom. The van der Waals surface area contributed by atoms with Gasteiger partial charge in [-0.3, -0.25) is 9.69 Å². The number of furan rings is 2. The van der Waals surface area contributed by atoms with E-state index in [-0.39, 0.29) is 11.8 Å². The van der Waals surface area contributed by atoms with Gasteiger partial charge in [0.1, 0.15) is 11.5 Å². The minimum atomic E-state index is -0.277. The first-order valence-electron chi connectivity index (χ1n) is 8.25. The summed E-state index contributed by atoms with van der Waals surface area (Å²) < 4.78 is 12.7. The van der Waals surface area contributed by atoms with Crippen molar-refractivity contribution in [3.63, 3.8) is 0 Å². The van der Waals surface area contributed by atoms with Gasteiger partial charge in [-0.1, -0.05) is 0 Å². The van der Waals surface area contributed by atoms with Gasteiger partial charge < -0.3 is 18.7 Å². The smallest absolute Gasteiger partial charge is 0.230 e. The van der Waals surface area contributed by atoms with E-state index < -0.39 is 0 Å². The molecule has 3 aromatic heterocycles. The number of rotatable bonds is 5. The Kier molecular flexibility index (Phi) is 4.15. The van der Waals surface area contributed by atoms with E-state index in [1.807, 2.05) is 35.9 Å². The Bertz CT molecular complexity index is 836. The third kappa shape index (κ3) is 3.23. The van der Waals surface area contributed by atoms with Crippen molar-refractivity contribution in [2.75, 3.05) is 6.54 Å². The van der Waals surface area contributed by atoms with Crippen LogP contribution in [0.4, 0.5) is 0 Å². The normalized spacial score (nSPS) is 17.4. The Morgan fingerprint density at radius 3 is 2.76 bits per heavy atom. The molecule has 1 aliphatic heterocycles. The van der Waals surface area contributed by atoms with E-state index >= 15 is 0 Å². The first-order chi connectivity index (χ1) is 12.2. The molecule has 1 N–H and O–H groups in total. The van der Waals surface area contributed by atoms with Crippen LogP contribution < -0.4 is 5.32 Å². The molecule has 0 bridgehead atoms. The van der Waals surface area contributed by atoms with Crippen molar-refractivity contribution in [1.82, 2.24) is 19.8 Å². The molecular weight excluding hydrogens is 320 g/mol. The van der Waals surface area contributed by atoms with Crippen molar-refractivity contribution in [1.29, 1.82) is 0 Å². The first-order valence-corrected chi connectivity index (χ1v) is 8.25. The second kappa shape index (κ2) is 6.60. The molecule has 0 aliphatic carbocycles. The zero-order chi connectivity index (χ0) is 17.2. The molecule has 7 heteroatoms. The van der Waals surface area contributed by atoms with Gasteiger partial charge in [0.05, 0.1) is 49.2 Å². The van der Waals surface area contributed by atoms with Crippen LogP contribution in [-0.2, 0) is 31.5 Å². The molecule has 4 rings (SSSR count). The van der Waals surface area contributed by atoms with Gasteiger partial charge in [-0.2, -0.15) is 0 Å². The summed E-state index contributed by atoms with van der Waals surface area (Å²) in [6.45, 7) is 2.37. The lowest BCUT2D eigenvalue weighted by Crippen LogP contribution is -2.41. The summed E-state index contributed by atoms with van der Waals surface area (Å²) in [5.74, 6) is 1.32. The number of carbonyl (C=O) groups is 1. The third-order valence-corrected chi connectivity index (χ3v) is 4.50. The monoisotopic (exact) mass is 340 g/mol. The van der Waals surface area contributed by atoms with E-state index in [9.17, 15) is 4.79 Å². The van der Waals surface area contributed by atoms with Crippen LogP contribution in [0.1, 0.15) is 28.8 Å². The number of nitrogens with one attached hydrogen (secondary N) is 1. The summed E-state index contributed by atoms with van der Waals surface area (Å²) in [6.07, 6.45) is 5.04. The minimum Gasteiger partial charge on any atom is -0.468 e. The fourth-order valence-corrected chi connectivity index (χ4v) is 3.34. The summed E-state index contributed by atoms with van der Waals surface area (Å²) in [4.78, 5) is 19.5. The van der Waals surface area contributed by atoms with Gasteiger partial charge in [-0.25, -0.2) is 4.98 Å². The van der Waals surface area contributed by atoms with Gasteiger partial charge in [0.2, 0.25) is 5.91 Å². The second-order valence-electron chi connectivity index (χ2n) is 6.29. The van der Waals surface area contributed by atoms with Crippen molar-refractivity contribution >= 4 is 5.91 Å². The molecule has 1 atom stereocenters. The molecule has 0 fully saturated rings. The van der Waals surface area contributed by atoms with Gasteiger partial charge in [0.15, 0.2) is 0 Å². The van der Waals surface area contributed by atoms with Crippen molar-refractivity contribution in [2.24, 2.45) is 7.05 Å². The number of aromatic nitrogens is 2. The maximum atomic E-state index is 12.8. The molecule has 0 saturated heterocycles. The third-order valence-electron chi connectivity index (χ3n) is 4.50. The van der Waals surface area contributed by atoms with Crippen LogP contribution in [0.3, 0.4) is 0 Å². The molecule has 0 aromatic carbocycles. The van der Waals surface area contributed by atoms with Crippen LogP contribution in [0.5, 0.6) is 0 Å². The Labute approximate surface area is 145 Å². The highest BCUT2D eigenvalue weighted by Crippen LogP contribution is 2.28. The van der Waals surface area contributed by atoms with Gasteiger partial charge in [0.25, 0.3) is 0 Å². The fourth-order valence-electron chi connectivity index (χ4n) is 3.34. The van der Waals surface area contributed by atoms with Crippen molar-refractivity contribution in [3.8, 4) is 0 Å². The first kappa shape index (κ1) is 15.7. The number of nitrogens with zero attached hydrogens (tertiary/aromatic N) is 3. The number of carbonyl (C=O) groups excluding carboxylic acids is 1. The number of aryl methyl sites for hydroxylation is 1. The van der Waals surface area contributed by atoms with Gasteiger partial charge in [-0.15, -0.1) is 0 Å². The van der Waals surface area contributed by atoms with Gasteiger partial charge in [-0.05, 0) is 24.3 Å². The maximum Gasteiger partial charge on any atom is 0.230 e.